The van der Waals surface area contributed by atoms with Crippen molar-refractivity contribution < 1.29 is 4.74 Å². The third-order valence-electron chi connectivity index (χ3n) is 9.57. The summed E-state index contributed by atoms with van der Waals surface area (Å²) in [6.45, 7) is 0. The minimum atomic E-state index is 0.906. The van der Waals surface area contributed by atoms with E-state index in [-0.39, 0.29) is 0 Å². The van der Waals surface area contributed by atoms with Crippen LogP contribution in [0, 0.1) is 0 Å². The van der Waals surface area contributed by atoms with E-state index in [2.05, 4.69) is 168 Å². The van der Waals surface area contributed by atoms with Crippen molar-refractivity contribution in [2.24, 2.45) is 0 Å². The predicted molar refractivity (Wildman–Crippen MR) is 192 cm³/mol. The van der Waals surface area contributed by atoms with Crippen LogP contribution in [0.4, 0.5) is 0 Å². The average Bonchev–Trinajstić information content (AvgIpc) is 3.47. The second-order valence-corrected chi connectivity index (χ2v) is 12.1. The lowest BCUT2D eigenvalue weighted by atomic mass is 9.92. The minimum absolute atomic E-state index is 0.906. The van der Waals surface area contributed by atoms with E-state index < -0.39 is 0 Å². The Hall–Kier alpha value is -6.12. The number of fused-ring (bicyclic) bond motifs is 7. The summed E-state index contributed by atoms with van der Waals surface area (Å²) in [5.74, 6) is 1.83. The van der Waals surface area contributed by atoms with Crippen LogP contribution in [0.5, 0.6) is 11.5 Å². The molecule has 0 aliphatic carbocycles. The fourth-order valence-electron chi connectivity index (χ4n) is 7.41. The van der Waals surface area contributed by atoms with Gasteiger partial charge >= 0.3 is 0 Å². The maximum absolute atomic E-state index is 6.33. The number of benzene rings is 8. The van der Waals surface area contributed by atoms with Gasteiger partial charge in [-0.15, -0.1) is 0 Å². The number of hydrogen-bond donors (Lipinski definition) is 0. The van der Waals surface area contributed by atoms with Gasteiger partial charge in [-0.25, -0.2) is 0 Å². The summed E-state index contributed by atoms with van der Waals surface area (Å²) in [7, 11) is 0. The lowest BCUT2D eigenvalue weighted by Crippen LogP contribution is -1.97. The first-order valence-corrected chi connectivity index (χ1v) is 15.8. The van der Waals surface area contributed by atoms with E-state index in [0.717, 1.165) is 17.1 Å². The van der Waals surface area contributed by atoms with E-state index in [1.54, 1.807) is 0 Å². The number of aromatic nitrogens is 1. The van der Waals surface area contributed by atoms with Gasteiger partial charge in [0.25, 0.3) is 0 Å². The molecule has 214 valence electrons. The molecule has 9 aromatic rings. The molecule has 0 spiro atoms. The van der Waals surface area contributed by atoms with E-state index in [0.29, 0.717) is 0 Å². The van der Waals surface area contributed by atoms with Crippen LogP contribution < -0.4 is 4.74 Å². The Morgan fingerprint density at radius 1 is 0.391 bits per heavy atom. The molecule has 0 N–H and O–H groups in total. The van der Waals surface area contributed by atoms with Crippen LogP contribution >= 0.6 is 0 Å². The van der Waals surface area contributed by atoms with Crippen LogP contribution in [0.3, 0.4) is 0 Å². The molecule has 10 rings (SSSR count). The summed E-state index contributed by atoms with van der Waals surface area (Å²) in [6.07, 6.45) is 0. The van der Waals surface area contributed by atoms with Crippen molar-refractivity contribution in [2.75, 3.05) is 0 Å². The number of nitrogens with zero attached hydrogens (tertiary/aromatic N) is 1. The van der Waals surface area contributed by atoms with Crippen LogP contribution in [0.1, 0.15) is 0 Å². The molecule has 0 saturated carbocycles. The number of ether oxygens (including phenoxy) is 1. The normalized spacial score (nSPS) is 12.1. The summed E-state index contributed by atoms with van der Waals surface area (Å²) < 4.78 is 8.73. The Balaban J connectivity index is 1.05. The summed E-state index contributed by atoms with van der Waals surface area (Å²) in [4.78, 5) is 0. The molecule has 2 nitrogen and oxygen atoms in total. The first-order valence-electron chi connectivity index (χ1n) is 15.8. The van der Waals surface area contributed by atoms with Gasteiger partial charge in [-0.05, 0) is 81.1 Å². The maximum Gasteiger partial charge on any atom is 0.135 e. The van der Waals surface area contributed by atoms with Gasteiger partial charge < -0.3 is 9.30 Å². The van der Waals surface area contributed by atoms with E-state index in [1.807, 2.05) is 0 Å². The highest BCUT2D eigenvalue weighted by Crippen LogP contribution is 2.47. The SMILES string of the molecule is c1ccc(-n2c3ccccc3c3ccc4cc(-c5ccc(-c6ccc7c(c6)-c6cccc8cccc(c68)O7)cc5)ccc4c32)cc1. The topological polar surface area (TPSA) is 14.2 Å². The van der Waals surface area contributed by atoms with Crippen molar-refractivity contribution in [3.8, 4) is 50.6 Å². The van der Waals surface area contributed by atoms with Crippen molar-refractivity contribution in [3.05, 3.63) is 164 Å². The minimum Gasteiger partial charge on any atom is -0.456 e. The highest BCUT2D eigenvalue weighted by Gasteiger charge is 2.20. The van der Waals surface area contributed by atoms with Crippen LogP contribution in [-0.4, -0.2) is 4.57 Å². The van der Waals surface area contributed by atoms with Crippen LogP contribution in [0.2, 0.25) is 0 Å². The molecule has 1 aliphatic rings. The smallest absolute Gasteiger partial charge is 0.135 e. The maximum atomic E-state index is 6.33. The molecular weight excluding hydrogens is 558 g/mol. The molecule has 0 unspecified atom stereocenters. The van der Waals surface area contributed by atoms with Crippen LogP contribution in [0.15, 0.2) is 164 Å². The van der Waals surface area contributed by atoms with Gasteiger partial charge in [0.1, 0.15) is 11.5 Å². The van der Waals surface area contributed by atoms with Gasteiger partial charge in [0.2, 0.25) is 0 Å². The number of hydrogen-bond acceptors (Lipinski definition) is 1. The molecule has 1 aromatic heterocycles. The molecule has 46 heavy (non-hydrogen) atoms. The fourth-order valence-corrected chi connectivity index (χ4v) is 7.41. The molecule has 2 heterocycles. The second-order valence-electron chi connectivity index (χ2n) is 12.1. The first kappa shape index (κ1) is 25.2. The van der Waals surface area contributed by atoms with Crippen molar-refractivity contribution in [1.29, 1.82) is 0 Å². The molecule has 0 fully saturated rings. The molecular formula is C44H27NO. The Bertz CT molecular complexity index is 2640. The third-order valence-corrected chi connectivity index (χ3v) is 9.57. The largest absolute Gasteiger partial charge is 0.456 e. The third kappa shape index (κ3) is 3.71. The van der Waals surface area contributed by atoms with Gasteiger partial charge in [0.05, 0.1) is 11.0 Å². The summed E-state index contributed by atoms with van der Waals surface area (Å²) in [6, 6.07) is 59.0. The predicted octanol–water partition coefficient (Wildman–Crippen LogP) is 12.2. The van der Waals surface area contributed by atoms with Crippen molar-refractivity contribution in [2.45, 2.75) is 0 Å². The van der Waals surface area contributed by atoms with Crippen molar-refractivity contribution in [1.82, 2.24) is 4.57 Å². The lowest BCUT2D eigenvalue weighted by Gasteiger charge is -2.22. The standard InChI is InChI=1S/C44H27NO/c1-2-10-34(11-3-1)45-40-14-5-4-12-36(40)38-24-21-33-26-31(20-23-35(33)44(38)45)28-16-18-29(19-17-28)32-22-25-41-39(27-32)37-13-6-8-30-9-7-15-42(46-41)43(30)37/h1-27H. The van der Waals surface area contributed by atoms with Gasteiger partial charge in [0.15, 0.2) is 0 Å². The van der Waals surface area contributed by atoms with E-state index in [9.17, 15) is 0 Å². The number of rotatable bonds is 3. The van der Waals surface area contributed by atoms with Crippen molar-refractivity contribution in [3.63, 3.8) is 0 Å². The Kier molecular flexibility index (Phi) is 5.31. The molecule has 2 heteroatoms. The van der Waals surface area contributed by atoms with E-state index >= 15 is 0 Å². The summed E-state index contributed by atoms with van der Waals surface area (Å²) in [5.41, 5.74) is 10.8. The van der Waals surface area contributed by atoms with Gasteiger partial charge in [-0.1, -0.05) is 121 Å². The molecule has 1 aliphatic heterocycles. The molecule has 8 aromatic carbocycles. The molecule has 0 radical (unpaired) electrons. The van der Waals surface area contributed by atoms with Gasteiger partial charge in [0, 0.05) is 32.8 Å². The summed E-state index contributed by atoms with van der Waals surface area (Å²) in [5, 5.41) is 7.43. The average molecular weight is 586 g/mol. The zero-order valence-electron chi connectivity index (χ0n) is 24.9. The highest BCUT2D eigenvalue weighted by atomic mass is 16.5. The van der Waals surface area contributed by atoms with E-state index in [4.69, 9.17) is 4.74 Å². The highest BCUT2D eigenvalue weighted by molar-refractivity contribution is 6.19. The monoisotopic (exact) mass is 585 g/mol. The lowest BCUT2D eigenvalue weighted by molar-refractivity contribution is 0.487. The van der Waals surface area contributed by atoms with Crippen LogP contribution in [0.25, 0.3) is 82.4 Å². The number of para-hydroxylation sites is 2. The molecule has 0 atom stereocenters. The first-order chi connectivity index (χ1) is 22.8. The van der Waals surface area contributed by atoms with Gasteiger partial charge in [-0.2, -0.15) is 0 Å². The van der Waals surface area contributed by atoms with Crippen molar-refractivity contribution >= 4 is 43.4 Å². The van der Waals surface area contributed by atoms with E-state index in [1.165, 1.54) is 76.9 Å². The second kappa shape index (κ2) is 9.69. The molecule has 0 amide bonds. The fraction of sp³-hybridized carbons (Fsp3) is 0. The molecule has 0 saturated heterocycles. The zero-order valence-corrected chi connectivity index (χ0v) is 24.9. The Morgan fingerprint density at radius 3 is 1.93 bits per heavy atom. The zero-order chi connectivity index (χ0) is 30.2. The quantitative estimate of drug-likeness (QED) is 0.201. The molecule has 0 bridgehead atoms. The Labute approximate surface area is 266 Å². The van der Waals surface area contributed by atoms with Gasteiger partial charge in [-0.3, -0.25) is 0 Å². The Morgan fingerprint density at radius 2 is 1.09 bits per heavy atom. The summed E-state index contributed by atoms with van der Waals surface area (Å²) >= 11 is 0. The van der Waals surface area contributed by atoms with Crippen LogP contribution in [-0.2, 0) is 0 Å².